The average molecular weight is 488 g/mol. The molecule has 3 saturated heterocycles. The molecule has 3 amide bonds. The second kappa shape index (κ2) is 10.8. The molecule has 1 spiro atoms. The predicted octanol–water partition coefficient (Wildman–Crippen LogP) is 2.13. The summed E-state index contributed by atoms with van der Waals surface area (Å²) in [5.41, 5.74) is -0.971. The van der Waals surface area contributed by atoms with Gasteiger partial charge in [0, 0.05) is 39.3 Å². The zero-order valence-corrected chi connectivity index (χ0v) is 21.1. The van der Waals surface area contributed by atoms with Gasteiger partial charge in [0.05, 0.1) is 17.9 Å². The summed E-state index contributed by atoms with van der Waals surface area (Å²) in [4.78, 5) is 46.9. The summed E-state index contributed by atoms with van der Waals surface area (Å²) in [5, 5.41) is 9.33. The molecule has 4 fully saturated rings. The maximum Gasteiger partial charge on any atom is 0.248 e. The summed E-state index contributed by atoms with van der Waals surface area (Å²) in [6.45, 7) is 8.86. The highest BCUT2D eigenvalue weighted by Gasteiger charge is 2.74. The van der Waals surface area contributed by atoms with E-state index in [4.69, 9.17) is 4.74 Å². The van der Waals surface area contributed by atoms with Crippen LogP contribution in [-0.2, 0) is 19.1 Å². The first kappa shape index (κ1) is 25.9. The van der Waals surface area contributed by atoms with Gasteiger partial charge in [0.25, 0.3) is 0 Å². The molecule has 194 valence electrons. The Balaban J connectivity index is 1.69. The number of hydrogen-bond acceptors (Lipinski definition) is 5. The third-order valence-electron chi connectivity index (χ3n) is 8.53. The van der Waals surface area contributed by atoms with E-state index in [1.807, 2.05) is 4.90 Å². The number of nitrogens with zero attached hydrogens (tertiary/aromatic N) is 3. The molecule has 2 bridgehead atoms. The number of hydrogen-bond donors (Lipinski definition) is 1. The summed E-state index contributed by atoms with van der Waals surface area (Å²) in [6, 6.07) is -0.609. The number of rotatable bonds is 11. The van der Waals surface area contributed by atoms with E-state index >= 15 is 0 Å². The molecule has 5 atom stereocenters. The van der Waals surface area contributed by atoms with Crippen molar-refractivity contribution >= 4 is 17.7 Å². The number of unbranched alkanes of at least 4 members (excludes halogenated alkanes) is 1. The molecule has 8 heteroatoms. The van der Waals surface area contributed by atoms with E-state index in [-0.39, 0.29) is 36.5 Å². The molecule has 1 aliphatic carbocycles. The van der Waals surface area contributed by atoms with Gasteiger partial charge in [-0.2, -0.15) is 0 Å². The second-order valence-corrected chi connectivity index (χ2v) is 10.6. The van der Waals surface area contributed by atoms with Crippen molar-refractivity contribution in [3.8, 4) is 0 Å². The van der Waals surface area contributed by atoms with Crippen molar-refractivity contribution in [3.63, 3.8) is 0 Å². The van der Waals surface area contributed by atoms with E-state index in [2.05, 4.69) is 13.2 Å². The lowest BCUT2D eigenvalue weighted by atomic mass is 9.70. The molecule has 0 aromatic heterocycles. The van der Waals surface area contributed by atoms with E-state index < -0.39 is 23.5 Å². The molecule has 4 rings (SSSR count). The maximum atomic E-state index is 14.3. The van der Waals surface area contributed by atoms with E-state index in [0.29, 0.717) is 45.3 Å². The van der Waals surface area contributed by atoms with Crippen LogP contribution in [0.3, 0.4) is 0 Å². The maximum absolute atomic E-state index is 14.3. The Labute approximate surface area is 208 Å². The molecule has 1 N–H and O–H groups in total. The first-order valence-corrected chi connectivity index (χ1v) is 13.3. The molecule has 0 aromatic carbocycles. The summed E-state index contributed by atoms with van der Waals surface area (Å²) in [5.74, 6) is -1.59. The molecule has 0 aromatic rings. The van der Waals surface area contributed by atoms with Crippen LogP contribution in [0, 0.1) is 11.8 Å². The number of aliphatic hydroxyl groups is 1. The predicted molar refractivity (Wildman–Crippen MR) is 132 cm³/mol. The lowest BCUT2D eigenvalue weighted by Crippen LogP contribution is -2.58. The van der Waals surface area contributed by atoms with Gasteiger partial charge in [0.2, 0.25) is 17.7 Å². The number of carbonyl (C=O) groups is 3. The Hall–Kier alpha value is -2.19. The Morgan fingerprint density at radius 1 is 1.11 bits per heavy atom. The Bertz CT molecular complexity index is 841. The number of likely N-dealkylation sites (N-methyl/N-ethyl adjacent to an activating group) is 1. The number of fused-ring (bicyclic) bond motifs is 1. The molecule has 2 unspecified atom stereocenters. The molecular formula is C27H41N3O5. The van der Waals surface area contributed by atoms with Crippen molar-refractivity contribution in [2.24, 2.45) is 11.8 Å². The standard InChI is InChI=1S/C27H41N3O5/c1-4-15-28(3)24(32)21-20-13-14-27(35-20)22(21)25(33)30(17-9-10-18-31)23(27)26(34)29(16-5-2)19-11-7-6-8-12-19/h4-5,19-23,31H,1-2,6-18H2,3H3/t20-,21+,22-,23?,27?/m0/s1. The van der Waals surface area contributed by atoms with Crippen LogP contribution in [0.1, 0.15) is 57.8 Å². The lowest BCUT2D eigenvalue weighted by molar-refractivity contribution is -0.150. The quantitative estimate of drug-likeness (QED) is 0.356. The van der Waals surface area contributed by atoms with Crippen molar-refractivity contribution in [1.82, 2.24) is 14.7 Å². The molecular weight excluding hydrogens is 446 g/mol. The van der Waals surface area contributed by atoms with Crippen LogP contribution in [0.25, 0.3) is 0 Å². The Morgan fingerprint density at radius 2 is 1.83 bits per heavy atom. The van der Waals surface area contributed by atoms with Gasteiger partial charge in [-0.1, -0.05) is 31.4 Å². The highest BCUT2D eigenvalue weighted by molar-refractivity contribution is 5.99. The first-order chi connectivity index (χ1) is 16.9. The number of carbonyl (C=O) groups excluding carboxylic acids is 3. The number of aliphatic hydroxyl groups excluding tert-OH is 1. The highest BCUT2D eigenvalue weighted by atomic mass is 16.5. The third-order valence-corrected chi connectivity index (χ3v) is 8.53. The van der Waals surface area contributed by atoms with Crippen molar-refractivity contribution in [2.75, 3.05) is 33.3 Å². The fourth-order valence-corrected chi connectivity index (χ4v) is 6.99. The van der Waals surface area contributed by atoms with Crippen LogP contribution in [0.2, 0.25) is 0 Å². The second-order valence-electron chi connectivity index (χ2n) is 10.6. The summed E-state index contributed by atoms with van der Waals surface area (Å²) in [6.07, 6.45) is 10.8. The lowest BCUT2D eigenvalue weighted by Gasteiger charge is -2.40. The van der Waals surface area contributed by atoms with E-state index in [1.54, 1.807) is 29.0 Å². The van der Waals surface area contributed by atoms with Gasteiger partial charge in [-0.25, -0.2) is 0 Å². The Morgan fingerprint density at radius 3 is 2.49 bits per heavy atom. The minimum atomic E-state index is -0.971. The summed E-state index contributed by atoms with van der Waals surface area (Å²) >= 11 is 0. The van der Waals surface area contributed by atoms with Crippen molar-refractivity contribution < 1.29 is 24.2 Å². The fourth-order valence-electron chi connectivity index (χ4n) is 6.99. The largest absolute Gasteiger partial charge is 0.396 e. The number of amides is 3. The van der Waals surface area contributed by atoms with E-state index in [0.717, 1.165) is 25.7 Å². The van der Waals surface area contributed by atoms with Gasteiger partial charge in [-0.05, 0) is 38.5 Å². The van der Waals surface area contributed by atoms with Crippen LogP contribution in [0.15, 0.2) is 25.3 Å². The van der Waals surface area contributed by atoms with E-state index in [1.165, 1.54) is 6.42 Å². The average Bonchev–Trinajstić information content (AvgIpc) is 3.50. The molecule has 8 nitrogen and oxygen atoms in total. The molecule has 3 heterocycles. The van der Waals surface area contributed by atoms with Crippen LogP contribution < -0.4 is 0 Å². The zero-order chi connectivity index (χ0) is 25.2. The molecule has 3 aliphatic heterocycles. The highest BCUT2D eigenvalue weighted by Crippen LogP contribution is 2.59. The summed E-state index contributed by atoms with van der Waals surface area (Å²) < 4.78 is 6.54. The number of ether oxygens (including phenoxy) is 1. The number of likely N-dealkylation sites (tertiary alicyclic amines) is 1. The molecule has 0 radical (unpaired) electrons. The SMILES string of the molecule is C=CCN(C)C(=O)[C@@H]1[C@@H]2CCC3(O2)C(C(=O)N(CC=C)C2CCCCC2)N(CCCCO)C(=O)[C@H]13. The van der Waals surface area contributed by atoms with Crippen molar-refractivity contribution in [1.29, 1.82) is 0 Å². The molecule has 1 saturated carbocycles. The van der Waals surface area contributed by atoms with Gasteiger partial charge in [-0.3, -0.25) is 14.4 Å². The van der Waals surface area contributed by atoms with Crippen LogP contribution in [0.4, 0.5) is 0 Å². The normalized spacial score (nSPS) is 31.9. The minimum absolute atomic E-state index is 0.0336. The molecule has 4 aliphatic rings. The fraction of sp³-hybridized carbons (Fsp3) is 0.741. The van der Waals surface area contributed by atoms with Crippen molar-refractivity contribution in [3.05, 3.63) is 25.3 Å². The minimum Gasteiger partial charge on any atom is -0.396 e. The Kier molecular flexibility index (Phi) is 8.01. The zero-order valence-electron chi connectivity index (χ0n) is 21.1. The van der Waals surface area contributed by atoms with Crippen molar-refractivity contribution in [2.45, 2.75) is 81.6 Å². The van der Waals surface area contributed by atoms with Gasteiger partial charge in [-0.15, -0.1) is 13.2 Å². The van der Waals surface area contributed by atoms with E-state index in [9.17, 15) is 19.5 Å². The van der Waals surface area contributed by atoms with Gasteiger partial charge in [0.1, 0.15) is 11.6 Å². The van der Waals surface area contributed by atoms with Crippen LogP contribution in [0.5, 0.6) is 0 Å². The van der Waals surface area contributed by atoms with Gasteiger partial charge < -0.3 is 24.5 Å². The smallest absolute Gasteiger partial charge is 0.248 e. The monoisotopic (exact) mass is 487 g/mol. The topological polar surface area (TPSA) is 90.4 Å². The third kappa shape index (κ3) is 4.44. The summed E-state index contributed by atoms with van der Waals surface area (Å²) in [7, 11) is 1.72. The van der Waals surface area contributed by atoms with Gasteiger partial charge in [0.15, 0.2) is 0 Å². The van der Waals surface area contributed by atoms with Gasteiger partial charge >= 0.3 is 0 Å². The van der Waals surface area contributed by atoms with Crippen LogP contribution in [-0.4, -0.2) is 94.6 Å². The molecule has 35 heavy (non-hydrogen) atoms. The first-order valence-electron chi connectivity index (χ1n) is 13.3. The van der Waals surface area contributed by atoms with Crippen LogP contribution >= 0.6 is 0 Å².